The van der Waals surface area contributed by atoms with Crippen LogP contribution in [0.15, 0.2) is 0 Å². The van der Waals surface area contributed by atoms with Crippen molar-refractivity contribution in [3.8, 4) is 0 Å². The van der Waals surface area contributed by atoms with Crippen LogP contribution in [0.4, 0.5) is 0 Å². The number of hydrogen-bond acceptors (Lipinski definition) is 2. The molecule has 0 radical (unpaired) electrons. The van der Waals surface area contributed by atoms with Gasteiger partial charge in [-0.05, 0) is 13.0 Å². The van der Waals surface area contributed by atoms with E-state index in [0.29, 0.717) is 5.92 Å². The summed E-state index contributed by atoms with van der Waals surface area (Å²) in [5.41, 5.74) is 5.37. The van der Waals surface area contributed by atoms with Crippen molar-refractivity contribution >= 4 is 5.84 Å². The van der Waals surface area contributed by atoms with Crippen LogP contribution in [-0.4, -0.2) is 30.9 Å². The molecule has 0 saturated carbocycles. The molecule has 0 aromatic heterocycles. The Morgan fingerprint density at radius 2 is 1.83 bits per heavy atom. The highest BCUT2D eigenvalue weighted by Crippen LogP contribution is 2.00. The van der Waals surface area contributed by atoms with Gasteiger partial charge in [0.15, 0.2) is 0 Å². The van der Waals surface area contributed by atoms with E-state index in [1.54, 1.807) is 0 Å². The molecule has 0 bridgehead atoms. The van der Waals surface area contributed by atoms with Gasteiger partial charge in [-0.1, -0.05) is 20.8 Å². The van der Waals surface area contributed by atoms with Gasteiger partial charge in [-0.3, -0.25) is 5.41 Å². The van der Waals surface area contributed by atoms with Crippen LogP contribution in [0.5, 0.6) is 0 Å². The molecule has 3 nitrogen and oxygen atoms in total. The van der Waals surface area contributed by atoms with E-state index in [-0.39, 0.29) is 11.8 Å². The number of nitrogens with one attached hydrogen (secondary N) is 1. The normalized spacial score (nSPS) is 13.8. The zero-order chi connectivity index (χ0) is 9.72. The number of rotatable bonds is 5. The highest BCUT2D eigenvalue weighted by molar-refractivity contribution is 5.79. The average Bonchev–Trinajstić information content (AvgIpc) is 1.84. The second-order valence-corrected chi connectivity index (χ2v) is 3.97. The highest BCUT2D eigenvalue weighted by atomic mass is 15.1. The molecule has 0 rings (SSSR count). The van der Waals surface area contributed by atoms with Gasteiger partial charge in [0.1, 0.15) is 0 Å². The summed E-state index contributed by atoms with van der Waals surface area (Å²) in [5.74, 6) is 1.13. The lowest BCUT2D eigenvalue weighted by atomic mass is 10.1. The molecule has 0 aliphatic carbocycles. The van der Waals surface area contributed by atoms with E-state index in [0.717, 1.165) is 13.1 Å². The average molecular weight is 171 g/mol. The van der Waals surface area contributed by atoms with Crippen LogP contribution in [0, 0.1) is 17.2 Å². The number of hydrogen-bond donors (Lipinski definition) is 2. The first-order valence-electron chi connectivity index (χ1n) is 4.46. The summed E-state index contributed by atoms with van der Waals surface area (Å²) >= 11 is 0. The molecule has 12 heavy (non-hydrogen) atoms. The fourth-order valence-electron chi connectivity index (χ4n) is 1.26. The Hall–Kier alpha value is -0.570. The van der Waals surface area contributed by atoms with E-state index in [1.807, 2.05) is 6.92 Å². The van der Waals surface area contributed by atoms with Gasteiger partial charge in [-0.2, -0.15) is 0 Å². The third kappa shape index (κ3) is 5.13. The van der Waals surface area contributed by atoms with Crippen molar-refractivity contribution < 1.29 is 0 Å². The first-order valence-corrected chi connectivity index (χ1v) is 4.46. The number of nitrogens with zero attached hydrogens (tertiary/aromatic N) is 1. The van der Waals surface area contributed by atoms with Gasteiger partial charge >= 0.3 is 0 Å². The van der Waals surface area contributed by atoms with Crippen LogP contribution in [0.2, 0.25) is 0 Å². The molecule has 0 amide bonds. The van der Waals surface area contributed by atoms with Crippen LogP contribution >= 0.6 is 0 Å². The summed E-state index contributed by atoms with van der Waals surface area (Å²) in [6.07, 6.45) is 0. The molecule has 0 aromatic carbocycles. The molecule has 0 aromatic rings. The summed E-state index contributed by atoms with van der Waals surface area (Å²) in [5, 5.41) is 7.23. The van der Waals surface area contributed by atoms with Gasteiger partial charge in [-0.15, -0.1) is 0 Å². The maximum atomic E-state index is 7.23. The summed E-state index contributed by atoms with van der Waals surface area (Å²) in [6, 6.07) is 0. The van der Waals surface area contributed by atoms with E-state index in [1.165, 1.54) is 0 Å². The van der Waals surface area contributed by atoms with Crippen molar-refractivity contribution in [1.29, 1.82) is 5.41 Å². The van der Waals surface area contributed by atoms with Crippen LogP contribution in [0.3, 0.4) is 0 Å². The molecule has 0 aliphatic heterocycles. The molecule has 3 N–H and O–H groups in total. The number of amidine groups is 1. The standard InChI is InChI=1S/C9H21N3/c1-7(2)5-12(4)6-8(3)9(10)11/h7-8H,5-6H2,1-4H3,(H3,10,11). The van der Waals surface area contributed by atoms with Crippen LogP contribution < -0.4 is 5.73 Å². The molecule has 72 valence electrons. The van der Waals surface area contributed by atoms with Crippen LogP contribution in [-0.2, 0) is 0 Å². The minimum absolute atomic E-state index is 0.175. The van der Waals surface area contributed by atoms with Crippen molar-refractivity contribution in [3.63, 3.8) is 0 Å². The maximum absolute atomic E-state index is 7.23. The van der Waals surface area contributed by atoms with E-state index < -0.39 is 0 Å². The molecule has 0 heterocycles. The lowest BCUT2D eigenvalue weighted by molar-refractivity contribution is 0.279. The Balaban J connectivity index is 3.68. The molecular weight excluding hydrogens is 150 g/mol. The van der Waals surface area contributed by atoms with E-state index in [2.05, 4.69) is 25.8 Å². The van der Waals surface area contributed by atoms with E-state index in [9.17, 15) is 0 Å². The summed E-state index contributed by atoms with van der Waals surface area (Å²) in [7, 11) is 2.07. The molecule has 1 unspecified atom stereocenters. The predicted octanol–water partition coefficient (Wildman–Crippen LogP) is 1.15. The lowest BCUT2D eigenvalue weighted by Gasteiger charge is -2.22. The summed E-state index contributed by atoms with van der Waals surface area (Å²) < 4.78 is 0. The minimum Gasteiger partial charge on any atom is -0.387 e. The molecule has 0 spiro atoms. The van der Waals surface area contributed by atoms with Gasteiger partial charge in [-0.25, -0.2) is 0 Å². The van der Waals surface area contributed by atoms with E-state index in [4.69, 9.17) is 11.1 Å². The SMILES string of the molecule is CC(C)CN(C)CC(C)C(=N)N. The van der Waals surface area contributed by atoms with Crippen molar-refractivity contribution in [2.45, 2.75) is 20.8 Å². The van der Waals surface area contributed by atoms with Gasteiger partial charge in [0.25, 0.3) is 0 Å². The smallest absolute Gasteiger partial charge is 0.0947 e. The Bertz CT molecular complexity index is 143. The Labute approximate surface area is 75.4 Å². The zero-order valence-electron chi connectivity index (χ0n) is 8.59. The Kier molecular flexibility index (Phi) is 4.90. The number of nitrogens with two attached hydrogens (primary N) is 1. The van der Waals surface area contributed by atoms with Gasteiger partial charge in [0, 0.05) is 19.0 Å². The topological polar surface area (TPSA) is 53.1 Å². The first kappa shape index (κ1) is 11.4. The molecule has 0 saturated heterocycles. The van der Waals surface area contributed by atoms with Gasteiger partial charge in [0.2, 0.25) is 0 Å². The molecule has 1 atom stereocenters. The predicted molar refractivity (Wildman–Crippen MR) is 53.4 cm³/mol. The first-order chi connectivity index (χ1) is 5.43. The van der Waals surface area contributed by atoms with E-state index >= 15 is 0 Å². The largest absolute Gasteiger partial charge is 0.387 e. The fraction of sp³-hybridized carbons (Fsp3) is 0.889. The maximum Gasteiger partial charge on any atom is 0.0947 e. The van der Waals surface area contributed by atoms with Crippen LogP contribution in [0.1, 0.15) is 20.8 Å². The molecule has 0 aliphatic rings. The minimum atomic E-state index is 0.175. The quantitative estimate of drug-likeness (QED) is 0.481. The fourth-order valence-corrected chi connectivity index (χ4v) is 1.26. The van der Waals surface area contributed by atoms with Crippen molar-refractivity contribution in [3.05, 3.63) is 0 Å². The zero-order valence-corrected chi connectivity index (χ0v) is 8.59. The second-order valence-electron chi connectivity index (χ2n) is 3.97. The lowest BCUT2D eigenvalue weighted by Crippen LogP contribution is -2.33. The Morgan fingerprint density at radius 1 is 1.33 bits per heavy atom. The Morgan fingerprint density at radius 3 is 2.17 bits per heavy atom. The summed E-state index contributed by atoms with van der Waals surface area (Å²) in [6.45, 7) is 8.31. The highest BCUT2D eigenvalue weighted by Gasteiger charge is 2.09. The molecular formula is C9H21N3. The van der Waals surface area contributed by atoms with Crippen molar-refractivity contribution in [2.75, 3.05) is 20.1 Å². The monoisotopic (exact) mass is 171 g/mol. The van der Waals surface area contributed by atoms with Gasteiger partial charge in [0.05, 0.1) is 5.84 Å². The van der Waals surface area contributed by atoms with Gasteiger partial charge < -0.3 is 10.6 Å². The summed E-state index contributed by atoms with van der Waals surface area (Å²) in [4.78, 5) is 2.22. The van der Waals surface area contributed by atoms with Crippen molar-refractivity contribution in [2.24, 2.45) is 17.6 Å². The van der Waals surface area contributed by atoms with Crippen LogP contribution in [0.25, 0.3) is 0 Å². The van der Waals surface area contributed by atoms with Crippen molar-refractivity contribution in [1.82, 2.24) is 4.90 Å². The molecule has 0 fully saturated rings. The third-order valence-electron chi connectivity index (χ3n) is 1.79. The second kappa shape index (κ2) is 5.14. The molecule has 3 heteroatoms. The third-order valence-corrected chi connectivity index (χ3v) is 1.79.